The molecule has 2 N–H and O–H groups in total. The number of aryl methyl sites for hydroxylation is 1. The van der Waals surface area contributed by atoms with Crippen LogP contribution in [0.2, 0.25) is 0 Å². The van der Waals surface area contributed by atoms with Crippen LogP contribution in [-0.2, 0) is 0 Å². The van der Waals surface area contributed by atoms with Gasteiger partial charge < -0.3 is 5.73 Å². The Bertz CT molecular complexity index is 536. The molecule has 1 heterocycles. The lowest BCUT2D eigenvalue weighted by molar-refractivity contribution is 0.112. The van der Waals surface area contributed by atoms with Crippen molar-refractivity contribution in [3.8, 4) is 11.3 Å². The minimum absolute atomic E-state index is 0.575. The van der Waals surface area contributed by atoms with Crippen LogP contribution in [-0.4, -0.2) is 11.3 Å². The topological polar surface area (TPSA) is 56.0 Å². The molecule has 0 aliphatic rings. The highest BCUT2D eigenvalue weighted by Gasteiger charge is 2.04. The smallest absolute Gasteiger partial charge is 0.151 e. The van der Waals surface area contributed by atoms with Gasteiger partial charge in [0.15, 0.2) is 6.29 Å². The van der Waals surface area contributed by atoms with Gasteiger partial charge in [-0.15, -0.1) is 0 Å². The molecule has 2 rings (SSSR count). The van der Waals surface area contributed by atoms with E-state index >= 15 is 0 Å². The molecule has 0 aliphatic heterocycles. The maximum atomic E-state index is 10.5. The lowest BCUT2D eigenvalue weighted by atomic mass is 10.0. The number of hydrogen-bond donors (Lipinski definition) is 1. The molecular weight excluding hydrogens is 212 g/mol. The van der Waals surface area contributed by atoms with Crippen LogP contribution in [0.15, 0.2) is 30.5 Å². The normalized spacial score (nSPS) is 10.2. The van der Waals surface area contributed by atoms with Crippen molar-refractivity contribution in [2.45, 2.75) is 13.8 Å². The van der Waals surface area contributed by atoms with E-state index in [1.807, 2.05) is 26.0 Å². The van der Waals surface area contributed by atoms with Crippen LogP contribution in [0.1, 0.15) is 21.5 Å². The lowest BCUT2D eigenvalue weighted by Crippen LogP contribution is -1.94. The van der Waals surface area contributed by atoms with E-state index in [0.717, 1.165) is 34.4 Å². The molecule has 0 unspecified atom stereocenters. The molecule has 0 bridgehead atoms. The molecule has 3 nitrogen and oxygen atoms in total. The van der Waals surface area contributed by atoms with E-state index in [1.54, 1.807) is 12.3 Å². The second kappa shape index (κ2) is 4.37. The second-order valence-electron chi connectivity index (χ2n) is 4.10. The van der Waals surface area contributed by atoms with Gasteiger partial charge in [-0.05, 0) is 49.2 Å². The van der Waals surface area contributed by atoms with Gasteiger partial charge in [-0.2, -0.15) is 0 Å². The van der Waals surface area contributed by atoms with Crippen LogP contribution in [0, 0.1) is 13.8 Å². The van der Waals surface area contributed by atoms with Crippen molar-refractivity contribution in [2.75, 3.05) is 5.73 Å². The van der Waals surface area contributed by atoms with Crippen LogP contribution in [0.4, 0.5) is 5.69 Å². The van der Waals surface area contributed by atoms with E-state index in [4.69, 9.17) is 5.73 Å². The number of rotatable bonds is 2. The van der Waals surface area contributed by atoms with Crippen molar-refractivity contribution in [3.63, 3.8) is 0 Å². The molecule has 0 saturated heterocycles. The maximum Gasteiger partial charge on any atom is 0.151 e. The molecule has 0 saturated carbocycles. The first-order chi connectivity index (χ1) is 8.11. The fourth-order valence-corrected chi connectivity index (χ4v) is 1.68. The number of carbonyl (C=O) groups is 1. The molecule has 0 amide bonds. The van der Waals surface area contributed by atoms with Crippen molar-refractivity contribution < 1.29 is 4.79 Å². The molecule has 1 aromatic carbocycles. The van der Waals surface area contributed by atoms with Crippen molar-refractivity contribution in [1.82, 2.24) is 4.98 Å². The number of carbonyl (C=O) groups excluding carboxylic acids is 1. The van der Waals surface area contributed by atoms with Gasteiger partial charge in [-0.1, -0.05) is 0 Å². The van der Waals surface area contributed by atoms with Gasteiger partial charge in [0.2, 0.25) is 0 Å². The molecule has 3 heteroatoms. The van der Waals surface area contributed by atoms with E-state index in [-0.39, 0.29) is 0 Å². The number of nitrogen functional groups attached to an aromatic ring is 1. The van der Waals surface area contributed by atoms with Crippen LogP contribution < -0.4 is 5.73 Å². The fraction of sp³-hybridized carbons (Fsp3) is 0.143. The van der Waals surface area contributed by atoms with Crippen molar-refractivity contribution in [2.24, 2.45) is 0 Å². The Morgan fingerprint density at radius 3 is 2.53 bits per heavy atom. The summed E-state index contributed by atoms with van der Waals surface area (Å²) in [6.45, 7) is 4.02. The Hall–Kier alpha value is -2.16. The third-order valence-corrected chi connectivity index (χ3v) is 2.93. The zero-order valence-electron chi connectivity index (χ0n) is 9.90. The highest BCUT2D eigenvalue weighted by atomic mass is 16.1. The highest BCUT2D eigenvalue weighted by molar-refractivity contribution is 5.75. The molecule has 0 spiro atoms. The molecule has 2 aromatic rings. The van der Waals surface area contributed by atoms with Crippen molar-refractivity contribution in [1.29, 1.82) is 0 Å². The fourth-order valence-electron chi connectivity index (χ4n) is 1.68. The molecule has 0 aliphatic carbocycles. The Morgan fingerprint density at radius 1 is 1.24 bits per heavy atom. The number of aldehydes is 1. The number of benzene rings is 1. The zero-order valence-corrected chi connectivity index (χ0v) is 9.90. The van der Waals surface area contributed by atoms with Crippen LogP contribution in [0.25, 0.3) is 11.3 Å². The first kappa shape index (κ1) is 11.3. The van der Waals surface area contributed by atoms with Crippen LogP contribution in [0.3, 0.4) is 0 Å². The molecule has 17 heavy (non-hydrogen) atoms. The monoisotopic (exact) mass is 226 g/mol. The van der Waals surface area contributed by atoms with Crippen molar-refractivity contribution >= 4 is 12.0 Å². The SMILES string of the molecule is Cc1cc(-c2ccc(C=O)cn2)cc(N)c1C. The predicted molar refractivity (Wildman–Crippen MR) is 68.9 cm³/mol. The minimum Gasteiger partial charge on any atom is -0.398 e. The van der Waals surface area contributed by atoms with Gasteiger partial charge >= 0.3 is 0 Å². The Morgan fingerprint density at radius 2 is 2.00 bits per heavy atom. The molecule has 1 aromatic heterocycles. The summed E-state index contributed by atoms with van der Waals surface area (Å²) < 4.78 is 0. The number of hydrogen-bond acceptors (Lipinski definition) is 3. The lowest BCUT2D eigenvalue weighted by Gasteiger charge is -2.08. The standard InChI is InChI=1S/C14H14N2O/c1-9-5-12(6-13(15)10(9)2)14-4-3-11(8-17)7-16-14/h3-8H,15H2,1-2H3. The van der Waals surface area contributed by atoms with E-state index in [1.165, 1.54) is 0 Å². The number of nitrogens with zero attached hydrogens (tertiary/aromatic N) is 1. The Balaban J connectivity index is 2.49. The van der Waals surface area contributed by atoms with Crippen LogP contribution in [0.5, 0.6) is 0 Å². The number of pyridine rings is 1. The summed E-state index contributed by atoms with van der Waals surface area (Å²) in [5.74, 6) is 0. The zero-order chi connectivity index (χ0) is 12.4. The molecule has 0 atom stereocenters. The van der Waals surface area contributed by atoms with Crippen LogP contribution >= 0.6 is 0 Å². The van der Waals surface area contributed by atoms with Gasteiger partial charge in [0, 0.05) is 23.0 Å². The van der Waals surface area contributed by atoms with Gasteiger partial charge in [0.1, 0.15) is 0 Å². The van der Waals surface area contributed by atoms with Gasteiger partial charge in [0.05, 0.1) is 5.69 Å². The summed E-state index contributed by atoms with van der Waals surface area (Å²) in [5, 5.41) is 0. The average Bonchev–Trinajstić information content (AvgIpc) is 2.35. The summed E-state index contributed by atoms with van der Waals surface area (Å²) in [5.41, 5.74) is 11.3. The second-order valence-corrected chi connectivity index (χ2v) is 4.10. The first-order valence-corrected chi connectivity index (χ1v) is 5.40. The summed E-state index contributed by atoms with van der Waals surface area (Å²) in [7, 11) is 0. The van der Waals surface area contributed by atoms with Gasteiger partial charge in [-0.25, -0.2) is 0 Å². The highest BCUT2D eigenvalue weighted by Crippen LogP contribution is 2.25. The molecule has 0 fully saturated rings. The summed E-state index contributed by atoms with van der Waals surface area (Å²) >= 11 is 0. The van der Waals surface area contributed by atoms with Gasteiger partial charge in [-0.3, -0.25) is 9.78 Å². The summed E-state index contributed by atoms with van der Waals surface area (Å²) in [6.07, 6.45) is 2.35. The average molecular weight is 226 g/mol. The third-order valence-electron chi connectivity index (χ3n) is 2.93. The quantitative estimate of drug-likeness (QED) is 0.632. The summed E-state index contributed by atoms with van der Waals surface area (Å²) in [4.78, 5) is 14.8. The number of aromatic nitrogens is 1. The van der Waals surface area contributed by atoms with E-state index in [9.17, 15) is 4.79 Å². The minimum atomic E-state index is 0.575. The van der Waals surface area contributed by atoms with E-state index < -0.39 is 0 Å². The number of anilines is 1. The molecule has 0 radical (unpaired) electrons. The van der Waals surface area contributed by atoms with E-state index in [0.29, 0.717) is 5.56 Å². The third kappa shape index (κ3) is 2.18. The van der Waals surface area contributed by atoms with E-state index in [2.05, 4.69) is 11.1 Å². The Kier molecular flexibility index (Phi) is 2.91. The van der Waals surface area contributed by atoms with Gasteiger partial charge in [0.25, 0.3) is 0 Å². The largest absolute Gasteiger partial charge is 0.398 e. The molecular formula is C14H14N2O. The molecule has 86 valence electrons. The van der Waals surface area contributed by atoms with Crippen molar-refractivity contribution in [3.05, 3.63) is 47.2 Å². The maximum absolute atomic E-state index is 10.5. The predicted octanol–water partition coefficient (Wildman–Crippen LogP) is 2.76. The Labute approximate surface area is 100 Å². The summed E-state index contributed by atoms with van der Waals surface area (Å²) in [6, 6.07) is 7.54. The first-order valence-electron chi connectivity index (χ1n) is 5.40. The number of nitrogens with two attached hydrogens (primary N) is 1.